The van der Waals surface area contributed by atoms with Crippen molar-refractivity contribution in [3.8, 4) is 0 Å². The van der Waals surface area contributed by atoms with E-state index in [1.165, 1.54) is 0 Å². The van der Waals surface area contributed by atoms with Crippen LogP contribution in [0.4, 0.5) is 0 Å². The molecule has 0 aromatic rings. The number of hydrogen-bond donors (Lipinski definition) is 2. The van der Waals surface area contributed by atoms with Crippen molar-refractivity contribution in [1.82, 2.24) is 15.5 Å². The maximum atomic E-state index is 11.9. The molecule has 156 valence electrons. The van der Waals surface area contributed by atoms with Crippen molar-refractivity contribution in [2.75, 3.05) is 46.9 Å². The Morgan fingerprint density at radius 3 is 2.37 bits per heavy atom. The van der Waals surface area contributed by atoms with Gasteiger partial charge in [0.15, 0.2) is 5.96 Å². The Labute approximate surface area is 164 Å². The SMILES string of the molecule is CN(C)C(=O)CN=C(NCC1CCCO1)NCC1CCCOC1C(C)(C)C. The molecule has 2 saturated heterocycles. The Morgan fingerprint density at radius 2 is 1.74 bits per heavy atom. The molecule has 0 bridgehead atoms. The number of ether oxygens (including phenoxy) is 2. The summed E-state index contributed by atoms with van der Waals surface area (Å²) in [6.45, 7) is 10.0. The van der Waals surface area contributed by atoms with Crippen LogP contribution < -0.4 is 10.6 Å². The number of amides is 1. The molecule has 27 heavy (non-hydrogen) atoms. The predicted octanol–water partition coefficient (Wildman–Crippen LogP) is 1.63. The van der Waals surface area contributed by atoms with E-state index in [-0.39, 0.29) is 30.1 Å². The number of hydrogen-bond acceptors (Lipinski definition) is 4. The van der Waals surface area contributed by atoms with Crippen LogP contribution in [-0.4, -0.2) is 75.9 Å². The number of guanidine groups is 1. The standard InChI is InChI=1S/C20H38N4O3/c1-20(2,3)18-15(8-6-11-27-18)12-21-19(23-14-17(25)24(4)5)22-13-16-9-7-10-26-16/h15-16,18H,6-14H2,1-5H3,(H2,21,22,23). The molecule has 0 saturated carbocycles. The normalized spacial score (nSPS) is 26.7. The number of likely N-dealkylation sites (N-methyl/N-ethyl adjacent to an activating group) is 1. The molecule has 0 aliphatic carbocycles. The molecule has 0 spiro atoms. The lowest BCUT2D eigenvalue weighted by Crippen LogP contribution is -2.48. The lowest BCUT2D eigenvalue weighted by atomic mass is 9.78. The molecular formula is C20H38N4O3. The topological polar surface area (TPSA) is 75.2 Å². The third-order valence-electron chi connectivity index (χ3n) is 5.22. The molecule has 2 aliphatic rings. The summed E-state index contributed by atoms with van der Waals surface area (Å²) in [4.78, 5) is 18.0. The Hall–Kier alpha value is -1.34. The van der Waals surface area contributed by atoms with Crippen molar-refractivity contribution in [2.45, 2.75) is 58.7 Å². The van der Waals surface area contributed by atoms with Crippen molar-refractivity contribution in [3.05, 3.63) is 0 Å². The summed E-state index contributed by atoms with van der Waals surface area (Å²) in [5.74, 6) is 1.10. The molecular weight excluding hydrogens is 344 g/mol. The summed E-state index contributed by atoms with van der Waals surface area (Å²) in [7, 11) is 3.50. The summed E-state index contributed by atoms with van der Waals surface area (Å²) in [5, 5.41) is 6.79. The first kappa shape index (κ1) is 22.0. The largest absolute Gasteiger partial charge is 0.377 e. The van der Waals surface area contributed by atoms with Crippen LogP contribution in [-0.2, 0) is 14.3 Å². The number of carbonyl (C=O) groups excluding carboxylic acids is 1. The zero-order valence-electron chi connectivity index (χ0n) is 17.7. The lowest BCUT2D eigenvalue weighted by molar-refractivity contribution is -0.127. The summed E-state index contributed by atoms with van der Waals surface area (Å²) >= 11 is 0. The van der Waals surface area contributed by atoms with E-state index >= 15 is 0 Å². The van der Waals surface area contributed by atoms with E-state index in [1.54, 1.807) is 19.0 Å². The van der Waals surface area contributed by atoms with Gasteiger partial charge in [-0.2, -0.15) is 0 Å². The summed E-state index contributed by atoms with van der Waals surface area (Å²) in [6, 6.07) is 0. The van der Waals surface area contributed by atoms with Crippen molar-refractivity contribution in [3.63, 3.8) is 0 Å². The van der Waals surface area contributed by atoms with E-state index in [0.29, 0.717) is 18.4 Å². The minimum atomic E-state index is -0.0122. The van der Waals surface area contributed by atoms with Gasteiger partial charge in [-0.3, -0.25) is 4.79 Å². The second kappa shape index (κ2) is 10.3. The monoisotopic (exact) mass is 382 g/mol. The van der Waals surface area contributed by atoms with Crippen LogP contribution in [0.2, 0.25) is 0 Å². The highest BCUT2D eigenvalue weighted by Crippen LogP contribution is 2.33. The van der Waals surface area contributed by atoms with Gasteiger partial charge in [0.2, 0.25) is 5.91 Å². The maximum Gasteiger partial charge on any atom is 0.243 e. The molecule has 2 aliphatic heterocycles. The van der Waals surface area contributed by atoms with Crippen LogP contribution in [0.5, 0.6) is 0 Å². The van der Waals surface area contributed by atoms with Gasteiger partial charge in [-0.25, -0.2) is 4.99 Å². The first-order chi connectivity index (χ1) is 12.8. The molecule has 2 rings (SSSR count). The number of nitrogens with one attached hydrogen (secondary N) is 2. The maximum absolute atomic E-state index is 11.9. The fraction of sp³-hybridized carbons (Fsp3) is 0.900. The minimum Gasteiger partial charge on any atom is -0.377 e. The van der Waals surface area contributed by atoms with Gasteiger partial charge in [0.1, 0.15) is 6.54 Å². The van der Waals surface area contributed by atoms with Crippen LogP contribution in [0, 0.1) is 11.3 Å². The summed E-state index contributed by atoms with van der Waals surface area (Å²) in [5.41, 5.74) is 0.107. The first-order valence-electron chi connectivity index (χ1n) is 10.2. The Bertz CT molecular complexity index is 496. The third kappa shape index (κ3) is 7.30. The molecule has 2 N–H and O–H groups in total. The van der Waals surface area contributed by atoms with Gasteiger partial charge in [-0.15, -0.1) is 0 Å². The van der Waals surface area contributed by atoms with E-state index in [0.717, 1.165) is 45.4 Å². The zero-order valence-corrected chi connectivity index (χ0v) is 17.7. The molecule has 1 amide bonds. The number of carbonyl (C=O) groups is 1. The molecule has 7 nitrogen and oxygen atoms in total. The average molecular weight is 383 g/mol. The van der Waals surface area contributed by atoms with Gasteiger partial charge in [0, 0.05) is 46.3 Å². The number of nitrogens with zero attached hydrogens (tertiary/aromatic N) is 2. The van der Waals surface area contributed by atoms with Gasteiger partial charge in [-0.05, 0) is 31.1 Å². The van der Waals surface area contributed by atoms with Gasteiger partial charge in [-0.1, -0.05) is 20.8 Å². The van der Waals surface area contributed by atoms with E-state index in [2.05, 4.69) is 36.4 Å². The smallest absolute Gasteiger partial charge is 0.243 e. The summed E-state index contributed by atoms with van der Waals surface area (Å²) < 4.78 is 11.8. The van der Waals surface area contributed by atoms with Crippen molar-refractivity contribution in [2.24, 2.45) is 16.3 Å². The van der Waals surface area contributed by atoms with Crippen molar-refractivity contribution >= 4 is 11.9 Å². The van der Waals surface area contributed by atoms with Gasteiger partial charge >= 0.3 is 0 Å². The fourth-order valence-electron chi connectivity index (χ4n) is 3.72. The highest BCUT2D eigenvalue weighted by Gasteiger charge is 2.35. The van der Waals surface area contributed by atoms with Crippen LogP contribution >= 0.6 is 0 Å². The molecule has 3 atom stereocenters. The quantitative estimate of drug-likeness (QED) is 0.539. The molecule has 2 fully saturated rings. The van der Waals surface area contributed by atoms with Gasteiger partial charge in [0.05, 0.1) is 12.2 Å². The summed E-state index contributed by atoms with van der Waals surface area (Å²) in [6.07, 6.45) is 4.86. The zero-order chi connectivity index (χ0) is 19.9. The van der Waals surface area contributed by atoms with Crippen LogP contribution in [0.3, 0.4) is 0 Å². The Kier molecular flexibility index (Phi) is 8.35. The van der Waals surface area contributed by atoms with Crippen molar-refractivity contribution in [1.29, 1.82) is 0 Å². The molecule has 2 heterocycles. The molecule has 0 aromatic heterocycles. The highest BCUT2D eigenvalue weighted by molar-refractivity contribution is 5.84. The van der Waals surface area contributed by atoms with Crippen LogP contribution in [0.1, 0.15) is 46.5 Å². The highest BCUT2D eigenvalue weighted by atomic mass is 16.5. The lowest BCUT2D eigenvalue weighted by Gasteiger charge is -2.40. The van der Waals surface area contributed by atoms with Crippen molar-refractivity contribution < 1.29 is 14.3 Å². The molecule has 3 unspecified atom stereocenters. The predicted molar refractivity (Wildman–Crippen MR) is 108 cm³/mol. The van der Waals surface area contributed by atoms with Gasteiger partial charge in [0.25, 0.3) is 0 Å². The Balaban J connectivity index is 1.94. The van der Waals surface area contributed by atoms with Gasteiger partial charge < -0.3 is 25.0 Å². The second-order valence-electron chi connectivity index (χ2n) is 8.91. The van der Waals surface area contributed by atoms with E-state index in [1.807, 2.05) is 0 Å². The second-order valence-corrected chi connectivity index (χ2v) is 8.91. The van der Waals surface area contributed by atoms with E-state index < -0.39 is 0 Å². The minimum absolute atomic E-state index is 0.0122. The van der Waals surface area contributed by atoms with Crippen LogP contribution in [0.15, 0.2) is 4.99 Å². The van der Waals surface area contributed by atoms with Crippen LogP contribution in [0.25, 0.3) is 0 Å². The first-order valence-corrected chi connectivity index (χ1v) is 10.2. The molecule has 0 aromatic carbocycles. The fourth-order valence-corrected chi connectivity index (χ4v) is 3.72. The third-order valence-corrected chi connectivity index (χ3v) is 5.22. The molecule has 7 heteroatoms. The number of rotatable bonds is 6. The Morgan fingerprint density at radius 1 is 1.07 bits per heavy atom. The average Bonchev–Trinajstić information content (AvgIpc) is 3.13. The van der Waals surface area contributed by atoms with E-state index in [4.69, 9.17) is 9.47 Å². The number of aliphatic imine (C=N–C) groups is 1. The molecule has 0 radical (unpaired) electrons. The van der Waals surface area contributed by atoms with E-state index in [9.17, 15) is 4.79 Å².